The highest BCUT2D eigenvalue weighted by Crippen LogP contribution is 2.47. The van der Waals surface area contributed by atoms with Crippen LogP contribution in [0.3, 0.4) is 0 Å². The number of carbonyl (C=O) groups is 2. The number of likely N-dealkylation sites (tertiary alicyclic amines) is 1. The van der Waals surface area contributed by atoms with Crippen LogP contribution in [0.4, 0.5) is 19.3 Å². The van der Waals surface area contributed by atoms with Crippen molar-refractivity contribution < 1.29 is 23.5 Å². The molecule has 7 nitrogen and oxygen atoms in total. The summed E-state index contributed by atoms with van der Waals surface area (Å²) in [5.74, 6) is 0.608. The van der Waals surface area contributed by atoms with Crippen molar-refractivity contribution in [3.05, 3.63) is 47.0 Å². The number of fused-ring (bicyclic) bond motifs is 3. The normalized spacial score (nSPS) is 18.8. The monoisotopic (exact) mass is 444 g/mol. The van der Waals surface area contributed by atoms with E-state index in [1.807, 2.05) is 28.8 Å². The molecule has 2 aliphatic heterocycles. The number of carbonyl (C=O) groups excluding carboxylic acids is 1. The zero-order valence-electron chi connectivity index (χ0n) is 17.8. The average molecular weight is 444 g/mol. The maximum Gasteiger partial charge on any atom is 0.407 e. The van der Waals surface area contributed by atoms with E-state index in [0.29, 0.717) is 13.0 Å². The molecule has 0 radical (unpaired) electrons. The highest BCUT2D eigenvalue weighted by Gasteiger charge is 2.59. The van der Waals surface area contributed by atoms with Gasteiger partial charge in [0.25, 0.3) is 0 Å². The lowest BCUT2D eigenvalue weighted by Crippen LogP contribution is -2.65. The van der Waals surface area contributed by atoms with Crippen molar-refractivity contribution in [2.24, 2.45) is 0 Å². The van der Waals surface area contributed by atoms with E-state index >= 15 is 0 Å². The molecule has 0 bridgehead atoms. The van der Waals surface area contributed by atoms with E-state index in [9.17, 15) is 23.5 Å². The van der Waals surface area contributed by atoms with Crippen molar-refractivity contribution in [1.29, 1.82) is 0 Å². The standard InChI is InChI=1S/C23H26F2N4O3/c24-19(25)10-5-11-28-18-9-4-2-7-16(18)26-20(28)12-29-17-8-3-1-6-15(17)23(21(29)30)13-27(14-23)22(31)32/h1,3,6,8,19H,2,4-5,7,9-14H2,(H,31,32). The zero-order chi connectivity index (χ0) is 22.5. The molecule has 1 N–H and O–H groups in total. The molecule has 1 fully saturated rings. The minimum Gasteiger partial charge on any atom is -0.465 e. The number of halogens is 2. The molecule has 3 heterocycles. The largest absolute Gasteiger partial charge is 0.465 e. The maximum atomic E-state index is 13.6. The number of para-hydroxylation sites is 1. The van der Waals surface area contributed by atoms with Gasteiger partial charge < -0.3 is 19.5 Å². The smallest absolute Gasteiger partial charge is 0.407 e. The van der Waals surface area contributed by atoms with Crippen LogP contribution in [-0.2, 0) is 36.1 Å². The van der Waals surface area contributed by atoms with Gasteiger partial charge >= 0.3 is 6.09 Å². The maximum absolute atomic E-state index is 13.6. The number of anilines is 1. The lowest BCUT2D eigenvalue weighted by Gasteiger charge is -2.45. The van der Waals surface area contributed by atoms with E-state index < -0.39 is 17.9 Å². The second kappa shape index (κ2) is 7.86. The molecule has 3 aliphatic rings. The molecule has 5 rings (SSSR count). The number of carboxylic acid groups (broad SMARTS) is 1. The molecule has 2 aromatic rings. The number of aromatic nitrogens is 2. The van der Waals surface area contributed by atoms with Crippen molar-refractivity contribution in [1.82, 2.24) is 14.5 Å². The Morgan fingerprint density at radius 3 is 2.69 bits per heavy atom. The molecule has 0 unspecified atom stereocenters. The van der Waals surface area contributed by atoms with Crippen LogP contribution in [0.15, 0.2) is 24.3 Å². The highest BCUT2D eigenvalue weighted by molar-refractivity contribution is 6.09. The van der Waals surface area contributed by atoms with Gasteiger partial charge in [0.1, 0.15) is 11.2 Å². The zero-order valence-corrected chi connectivity index (χ0v) is 17.8. The van der Waals surface area contributed by atoms with Gasteiger partial charge in [-0.15, -0.1) is 0 Å². The first kappa shape index (κ1) is 20.9. The Morgan fingerprint density at radius 2 is 1.94 bits per heavy atom. The second-order valence-electron chi connectivity index (χ2n) is 8.94. The molecule has 1 aromatic heterocycles. The number of rotatable bonds is 6. The summed E-state index contributed by atoms with van der Waals surface area (Å²) in [6.45, 7) is 1.01. The van der Waals surface area contributed by atoms with Crippen molar-refractivity contribution in [3.8, 4) is 0 Å². The first-order chi connectivity index (χ1) is 15.4. The minimum absolute atomic E-state index is 0.115. The Hall–Kier alpha value is -2.97. The van der Waals surface area contributed by atoms with Gasteiger partial charge in [-0.05, 0) is 43.7 Å². The Labute approximate surface area is 184 Å². The predicted octanol–water partition coefficient (Wildman–Crippen LogP) is 3.59. The number of nitrogens with zero attached hydrogens (tertiary/aromatic N) is 4. The summed E-state index contributed by atoms with van der Waals surface area (Å²) in [7, 11) is 0. The molecule has 32 heavy (non-hydrogen) atoms. The predicted molar refractivity (Wildman–Crippen MR) is 113 cm³/mol. The third-order valence-corrected chi connectivity index (χ3v) is 6.97. The molecular formula is C23H26F2N4O3. The third kappa shape index (κ3) is 3.25. The molecule has 1 aromatic carbocycles. The molecule has 2 amide bonds. The van der Waals surface area contributed by atoms with E-state index in [1.165, 1.54) is 4.90 Å². The van der Waals surface area contributed by atoms with Gasteiger partial charge in [0.05, 0.1) is 12.2 Å². The van der Waals surface area contributed by atoms with Crippen molar-refractivity contribution >= 4 is 17.7 Å². The Bertz CT molecular complexity index is 1060. The average Bonchev–Trinajstić information content (AvgIpc) is 3.20. The molecule has 1 saturated heterocycles. The van der Waals surface area contributed by atoms with Crippen LogP contribution >= 0.6 is 0 Å². The van der Waals surface area contributed by atoms with Gasteiger partial charge in [-0.2, -0.15) is 0 Å². The fourth-order valence-electron chi connectivity index (χ4n) is 5.39. The summed E-state index contributed by atoms with van der Waals surface area (Å²) in [6.07, 6.45) is 0.682. The van der Waals surface area contributed by atoms with Crippen LogP contribution in [0.5, 0.6) is 0 Å². The quantitative estimate of drug-likeness (QED) is 0.739. The number of hydrogen-bond acceptors (Lipinski definition) is 3. The van der Waals surface area contributed by atoms with Gasteiger partial charge in [-0.25, -0.2) is 18.6 Å². The summed E-state index contributed by atoms with van der Waals surface area (Å²) in [6, 6.07) is 7.51. The van der Waals surface area contributed by atoms with Crippen molar-refractivity contribution in [2.45, 2.75) is 63.5 Å². The Morgan fingerprint density at radius 1 is 1.19 bits per heavy atom. The first-order valence-electron chi connectivity index (χ1n) is 11.2. The molecule has 0 atom stereocenters. The van der Waals surface area contributed by atoms with E-state index in [1.54, 1.807) is 4.90 Å². The van der Waals surface area contributed by atoms with Crippen LogP contribution in [0.2, 0.25) is 0 Å². The lowest BCUT2D eigenvalue weighted by molar-refractivity contribution is -0.128. The van der Waals surface area contributed by atoms with Crippen LogP contribution in [0, 0.1) is 0 Å². The number of aryl methyl sites for hydroxylation is 1. The first-order valence-corrected chi connectivity index (χ1v) is 11.2. The topological polar surface area (TPSA) is 78.7 Å². The summed E-state index contributed by atoms with van der Waals surface area (Å²) in [5, 5.41) is 9.30. The van der Waals surface area contributed by atoms with Gasteiger partial charge in [0.15, 0.2) is 0 Å². The van der Waals surface area contributed by atoms with E-state index in [4.69, 9.17) is 4.98 Å². The number of imidazole rings is 1. The summed E-state index contributed by atoms with van der Waals surface area (Å²) in [5.41, 5.74) is 2.90. The minimum atomic E-state index is -2.33. The van der Waals surface area contributed by atoms with E-state index in [2.05, 4.69) is 0 Å². The highest BCUT2D eigenvalue weighted by atomic mass is 19.3. The van der Waals surface area contributed by atoms with Crippen molar-refractivity contribution in [3.63, 3.8) is 0 Å². The van der Waals surface area contributed by atoms with Gasteiger partial charge in [-0.1, -0.05) is 18.2 Å². The molecule has 0 saturated carbocycles. The van der Waals surface area contributed by atoms with E-state index in [0.717, 1.165) is 54.1 Å². The van der Waals surface area contributed by atoms with Crippen LogP contribution < -0.4 is 4.90 Å². The number of benzene rings is 1. The van der Waals surface area contributed by atoms with Gasteiger partial charge in [-0.3, -0.25) is 4.79 Å². The Balaban J connectivity index is 1.46. The molecular weight excluding hydrogens is 418 g/mol. The third-order valence-electron chi connectivity index (χ3n) is 6.97. The molecule has 1 spiro atoms. The Kier molecular flexibility index (Phi) is 5.14. The number of alkyl halides is 2. The number of amides is 2. The molecule has 9 heteroatoms. The fourth-order valence-corrected chi connectivity index (χ4v) is 5.39. The summed E-state index contributed by atoms with van der Waals surface area (Å²) >= 11 is 0. The summed E-state index contributed by atoms with van der Waals surface area (Å²) < 4.78 is 27.5. The second-order valence-corrected chi connectivity index (χ2v) is 8.94. The number of hydrogen-bond donors (Lipinski definition) is 1. The molecule has 1 aliphatic carbocycles. The van der Waals surface area contributed by atoms with Crippen LogP contribution in [0.1, 0.15) is 48.5 Å². The lowest BCUT2D eigenvalue weighted by atomic mass is 9.75. The fraction of sp³-hybridized carbons (Fsp3) is 0.522. The van der Waals surface area contributed by atoms with Gasteiger partial charge in [0.2, 0.25) is 12.3 Å². The SMILES string of the molecule is O=C(O)N1CC2(C1)C(=O)N(Cc1nc3c(n1CCCC(F)F)CCCC3)c1ccccc12. The van der Waals surface area contributed by atoms with E-state index in [-0.39, 0.29) is 32.0 Å². The van der Waals surface area contributed by atoms with Gasteiger partial charge in [0, 0.05) is 37.4 Å². The summed E-state index contributed by atoms with van der Waals surface area (Å²) in [4.78, 5) is 32.7. The van der Waals surface area contributed by atoms with Crippen LogP contribution in [-0.4, -0.2) is 51.1 Å². The van der Waals surface area contributed by atoms with Crippen molar-refractivity contribution in [2.75, 3.05) is 18.0 Å². The van der Waals surface area contributed by atoms with Crippen LogP contribution in [0.25, 0.3) is 0 Å². The molecule has 170 valence electrons.